The summed E-state index contributed by atoms with van der Waals surface area (Å²) >= 11 is 9.95. The molecular weight excluding hydrogens is 348 g/mol. The highest BCUT2D eigenvalue weighted by Crippen LogP contribution is 2.37. The number of rotatable bonds is 3. The molecule has 0 aliphatic heterocycles. The Bertz CT molecular complexity index is 646. The molecule has 1 saturated carbocycles. The van der Waals surface area contributed by atoms with Crippen molar-refractivity contribution >= 4 is 44.1 Å². The van der Waals surface area contributed by atoms with Crippen LogP contribution in [-0.2, 0) is 0 Å². The lowest BCUT2D eigenvalue weighted by Gasteiger charge is -2.40. The zero-order valence-corrected chi connectivity index (χ0v) is 14.5. The minimum Gasteiger partial charge on any atom is -0.363 e. The molecule has 1 aliphatic carbocycles. The van der Waals surface area contributed by atoms with Gasteiger partial charge in [-0.2, -0.15) is 0 Å². The van der Waals surface area contributed by atoms with Gasteiger partial charge in [0.2, 0.25) is 0 Å². The van der Waals surface area contributed by atoms with Gasteiger partial charge >= 0.3 is 0 Å². The second kappa shape index (κ2) is 6.13. The summed E-state index contributed by atoms with van der Waals surface area (Å²) in [7, 11) is 0. The van der Waals surface area contributed by atoms with Gasteiger partial charge in [0.25, 0.3) is 0 Å². The van der Waals surface area contributed by atoms with Gasteiger partial charge in [-0.25, -0.2) is 4.98 Å². The summed E-state index contributed by atoms with van der Waals surface area (Å²) in [6.07, 6.45) is 6.63. The first kappa shape index (κ1) is 15.1. The second-order valence-corrected chi connectivity index (χ2v) is 7.36. The topological polar surface area (TPSA) is 24.9 Å². The molecule has 0 spiro atoms. The fourth-order valence-corrected chi connectivity index (χ4v) is 4.26. The lowest BCUT2D eigenvalue weighted by molar-refractivity contribution is 0.279. The van der Waals surface area contributed by atoms with Crippen molar-refractivity contribution in [3.05, 3.63) is 34.9 Å². The van der Waals surface area contributed by atoms with E-state index in [9.17, 15) is 0 Å². The van der Waals surface area contributed by atoms with E-state index < -0.39 is 0 Å². The van der Waals surface area contributed by atoms with E-state index in [0.717, 1.165) is 28.5 Å². The number of aromatic nitrogens is 1. The van der Waals surface area contributed by atoms with Crippen molar-refractivity contribution in [3.8, 4) is 0 Å². The maximum absolute atomic E-state index is 6.34. The molecule has 21 heavy (non-hydrogen) atoms. The number of hydrogen-bond acceptors (Lipinski definition) is 2. The third kappa shape index (κ3) is 3.04. The molecule has 2 atom stereocenters. The summed E-state index contributed by atoms with van der Waals surface area (Å²) in [6.45, 7) is 2.31. The summed E-state index contributed by atoms with van der Waals surface area (Å²) < 4.78 is 1.10. The van der Waals surface area contributed by atoms with Crippen molar-refractivity contribution in [2.75, 3.05) is 11.2 Å². The van der Waals surface area contributed by atoms with Crippen LogP contribution in [0.1, 0.15) is 32.6 Å². The summed E-state index contributed by atoms with van der Waals surface area (Å²) in [4.78, 5) is 4.57. The van der Waals surface area contributed by atoms with E-state index in [1.165, 1.54) is 18.2 Å². The standard InChI is InChI=1S/C17H20BrClN2/c1-12-4-3-8-17(10-12,11-19)21-16-14-5-2-6-15(18)13(14)7-9-20-16/h2,5-7,9,12H,3-4,8,10-11H2,1H3,(H,20,21). The average molecular weight is 368 g/mol. The molecule has 1 aromatic carbocycles. The van der Waals surface area contributed by atoms with Crippen LogP contribution in [-0.4, -0.2) is 16.4 Å². The Morgan fingerprint density at radius 2 is 2.24 bits per heavy atom. The number of pyridine rings is 1. The highest BCUT2D eigenvalue weighted by Gasteiger charge is 2.34. The number of nitrogens with zero attached hydrogens (tertiary/aromatic N) is 1. The van der Waals surface area contributed by atoms with Crippen molar-refractivity contribution in [1.29, 1.82) is 0 Å². The van der Waals surface area contributed by atoms with Gasteiger partial charge in [-0.3, -0.25) is 0 Å². The normalized spacial score (nSPS) is 26.0. The maximum Gasteiger partial charge on any atom is 0.134 e. The summed E-state index contributed by atoms with van der Waals surface area (Å²) in [5.74, 6) is 2.29. The fourth-order valence-electron chi connectivity index (χ4n) is 3.45. The molecule has 1 N–H and O–H groups in total. The Morgan fingerprint density at radius 3 is 3.00 bits per heavy atom. The molecule has 1 fully saturated rings. The second-order valence-electron chi connectivity index (χ2n) is 6.24. The number of alkyl halides is 1. The van der Waals surface area contributed by atoms with Crippen LogP contribution in [0.5, 0.6) is 0 Å². The van der Waals surface area contributed by atoms with Gasteiger partial charge in [-0.1, -0.05) is 47.8 Å². The SMILES string of the molecule is CC1CCCC(CCl)(Nc2nccc3c(Br)cccc23)C1. The third-order valence-electron chi connectivity index (χ3n) is 4.48. The first-order valence-corrected chi connectivity index (χ1v) is 8.84. The smallest absolute Gasteiger partial charge is 0.134 e. The molecule has 1 aliphatic rings. The molecule has 4 heteroatoms. The summed E-state index contributed by atoms with van der Waals surface area (Å²) in [5, 5.41) is 6.01. The zero-order valence-electron chi connectivity index (χ0n) is 12.2. The molecular formula is C17H20BrClN2. The van der Waals surface area contributed by atoms with E-state index >= 15 is 0 Å². The van der Waals surface area contributed by atoms with Crippen molar-refractivity contribution in [2.45, 2.75) is 38.1 Å². The van der Waals surface area contributed by atoms with E-state index in [2.05, 4.69) is 51.4 Å². The van der Waals surface area contributed by atoms with Crippen molar-refractivity contribution in [3.63, 3.8) is 0 Å². The monoisotopic (exact) mass is 366 g/mol. The van der Waals surface area contributed by atoms with Gasteiger partial charge < -0.3 is 5.32 Å². The number of anilines is 1. The van der Waals surface area contributed by atoms with Crippen LogP contribution in [0.15, 0.2) is 34.9 Å². The van der Waals surface area contributed by atoms with Gasteiger partial charge in [-0.05, 0) is 30.9 Å². The van der Waals surface area contributed by atoms with E-state index in [-0.39, 0.29) is 5.54 Å². The molecule has 2 unspecified atom stereocenters. The summed E-state index contributed by atoms with van der Waals surface area (Å²) in [6, 6.07) is 8.27. The minimum atomic E-state index is -0.0250. The number of nitrogens with one attached hydrogen (secondary N) is 1. The molecule has 112 valence electrons. The molecule has 0 saturated heterocycles. The first-order chi connectivity index (χ1) is 10.1. The van der Waals surface area contributed by atoms with Crippen molar-refractivity contribution in [1.82, 2.24) is 4.98 Å². The highest BCUT2D eigenvalue weighted by atomic mass is 79.9. The molecule has 1 heterocycles. The number of hydrogen-bond donors (Lipinski definition) is 1. The lowest BCUT2D eigenvalue weighted by atomic mass is 9.77. The Kier molecular flexibility index (Phi) is 4.41. The van der Waals surface area contributed by atoms with Crippen LogP contribution < -0.4 is 5.32 Å². The van der Waals surface area contributed by atoms with Crippen LogP contribution in [0.4, 0.5) is 5.82 Å². The summed E-state index contributed by atoms with van der Waals surface area (Å²) in [5.41, 5.74) is -0.0250. The van der Waals surface area contributed by atoms with E-state index in [0.29, 0.717) is 11.8 Å². The van der Waals surface area contributed by atoms with E-state index in [4.69, 9.17) is 11.6 Å². The van der Waals surface area contributed by atoms with Gasteiger partial charge in [0.15, 0.2) is 0 Å². The molecule has 2 nitrogen and oxygen atoms in total. The van der Waals surface area contributed by atoms with Crippen LogP contribution in [0, 0.1) is 5.92 Å². The molecule has 0 radical (unpaired) electrons. The van der Waals surface area contributed by atoms with Gasteiger partial charge in [0.05, 0.1) is 5.54 Å². The number of halogens is 2. The highest BCUT2D eigenvalue weighted by molar-refractivity contribution is 9.10. The van der Waals surface area contributed by atoms with Gasteiger partial charge in [0, 0.05) is 27.3 Å². The van der Waals surface area contributed by atoms with Crippen LogP contribution in [0.25, 0.3) is 10.8 Å². The average Bonchev–Trinajstić information content (AvgIpc) is 2.48. The van der Waals surface area contributed by atoms with Crippen molar-refractivity contribution < 1.29 is 0 Å². The van der Waals surface area contributed by atoms with Crippen LogP contribution >= 0.6 is 27.5 Å². The fraction of sp³-hybridized carbons (Fsp3) is 0.471. The zero-order chi connectivity index (χ0) is 14.9. The molecule has 0 amide bonds. The number of fused-ring (bicyclic) bond motifs is 1. The molecule has 2 aromatic rings. The van der Waals surface area contributed by atoms with Crippen LogP contribution in [0.3, 0.4) is 0 Å². The predicted molar refractivity (Wildman–Crippen MR) is 94.1 cm³/mol. The first-order valence-electron chi connectivity index (χ1n) is 7.51. The quantitative estimate of drug-likeness (QED) is 0.714. The molecule has 3 rings (SSSR count). The van der Waals surface area contributed by atoms with E-state index in [1.807, 2.05) is 12.3 Å². The van der Waals surface area contributed by atoms with Gasteiger partial charge in [0.1, 0.15) is 5.82 Å². The molecule has 0 bridgehead atoms. The van der Waals surface area contributed by atoms with Crippen LogP contribution in [0.2, 0.25) is 0 Å². The maximum atomic E-state index is 6.34. The molecule has 1 aromatic heterocycles. The predicted octanol–water partition coefficient (Wildman–Crippen LogP) is 5.60. The Morgan fingerprint density at radius 1 is 1.38 bits per heavy atom. The Hall–Kier alpha value is -0.800. The Labute approximate surface area is 139 Å². The largest absolute Gasteiger partial charge is 0.363 e. The van der Waals surface area contributed by atoms with Gasteiger partial charge in [-0.15, -0.1) is 11.6 Å². The Balaban J connectivity index is 1.99. The minimum absolute atomic E-state index is 0.0250. The van der Waals surface area contributed by atoms with E-state index in [1.54, 1.807) is 0 Å². The van der Waals surface area contributed by atoms with Crippen molar-refractivity contribution in [2.24, 2.45) is 5.92 Å². The third-order valence-corrected chi connectivity index (χ3v) is 5.69. The number of benzene rings is 1. The lowest BCUT2D eigenvalue weighted by Crippen LogP contribution is -2.44.